The number of nitrogens with one attached hydrogen (secondary N) is 1. The second-order valence-electron chi connectivity index (χ2n) is 12.6. The summed E-state index contributed by atoms with van der Waals surface area (Å²) in [4.78, 5) is 40.8. The van der Waals surface area contributed by atoms with Crippen LogP contribution in [0.2, 0.25) is 5.02 Å². The van der Waals surface area contributed by atoms with E-state index in [2.05, 4.69) is 27.3 Å². The van der Waals surface area contributed by atoms with E-state index in [0.29, 0.717) is 30.3 Å². The van der Waals surface area contributed by atoms with Crippen LogP contribution in [0, 0.1) is 0 Å². The van der Waals surface area contributed by atoms with E-state index in [9.17, 15) is 9.59 Å². The van der Waals surface area contributed by atoms with Gasteiger partial charge in [-0.3, -0.25) is 14.7 Å². The molecule has 10 heteroatoms. The van der Waals surface area contributed by atoms with E-state index >= 15 is 0 Å². The number of fused-ring (bicyclic) bond motifs is 2. The number of nitrogens with zero attached hydrogens (tertiary/aromatic N) is 5. The van der Waals surface area contributed by atoms with Gasteiger partial charge in [0.05, 0.1) is 18.1 Å². The highest BCUT2D eigenvalue weighted by molar-refractivity contribution is 6.30. The van der Waals surface area contributed by atoms with Crippen molar-refractivity contribution in [3.05, 3.63) is 112 Å². The molecule has 2 aromatic heterocycles. The van der Waals surface area contributed by atoms with E-state index in [0.717, 1.165) is 66.5 Å². The Morgan fingerprint density at radius 2 is 1.83 bits per heavy atom. The van der Waals surface area contributed by atoms with Crippen molar-refractivity contribution in [3.8, 4) is 0 Å². The topological polar surface area (TPSA) is 92.6 Å². The lowest BCUT2D eigenvalue weighted by atomic mass is 9.94. The summed E-state index contributed by atoms with van der Waals surface area (Å²) in [5, 5.41) is 3.88. The minimum absolute atomic E-state index is 0.0562. The number of hydrogen-bond acceptors (Lipinski definition) is 6. The SMILES string of the molecule is O=C(Nc1cccc(Cn2ccnc2)c1)C1CN(C(=O)OC2CCCCC2)CCN1C1c2ccc(Cl)cc2CCc2cccnc21. The lowest BCUT2D eigenvalue weighted by Crippen LogP contribution is -2.60. The van der Waals surface area contributed by atoms with E-state index in [-0.39, 0.29) is 30.7 Å². The van der Waals surface area contributed by atoms with Gasteiger partial charge in [0.25, 0.3) is 0 Å². The number of amides is 2. The van der Waals surface area contributed by atoms with Crippen LogP contribution in [0.1, 0.15) is 66.1 Å². The van der Waals surface area contributed by atoms with Crippen LogP contribution in [0.3, 0.4) is 0 Å². The van der Waals surface area contributed by atoms with Gasteiger partial charge in [0, 0.05) is 55.5 Å². The zero-order valence-corrected chi connectivity index (χ0v) is 26.6. The zero-order valence-electron chi connectivity index (χ0n) is 25.9. The molecular formula is C36H39ClN6O3. The lowest BCUT2D eigenvalue weighted by Gasteiger charge is -2.44. The second-order valence-corrected chi connectivity index (χ2v) is 13.0. The number of ether oxygens (including phenoxy) is 1. The smallest absolute Gasteiger partial charge is 0.410 e. The number of piperazine rings is 1. The number of aryl methyl sites for hydroxylation is 2. The average Bonchev–Trinajstić information content (AvgIpc) is 3.53. The van der Waals surface area contributed by atoms with Crippen LogP contribution >= 0.6 is 11.6 Å². The van der Waals surface area contributed by atoms with Crippen LogP contribution in [0.15, 0.2) is 79.5 Å². The van der Waals surface area contributed by atoms with Crippen LogP contribution in [0.5, 0.6) is 0 Å². The Bertz CT molecular complexity index is 1690. The third kappa shape index (κ3) is 6.66. The minimum Gasteiger partial charge on any atom is -0.446 e. The van der Waals surface area contributed by atoms with Crippen molar-refractivity contribution < 1.29 is 14.3 Å². The molecule has 2 atom stereocenters. The molecule has 0 radical (unpaired) electrons. The first-order valence-corrected chi connectivity index (χ1v) is 16.7. The quantitative estimate of drug-likeness (QED) is 0.268. The summed E-state index contributed by atoms with van der Waals surface area (Å²) in [6.07, 6.45) is 13.7. The molecule has 2 amide bonds. The predicted molar refractivity (Wildman–Crippen MR) is 177 cm³/mol. The number of pyridine rings is 1. The van der Waals surface area contributed by atoms with Gasteiger partial charge in [-0.1, -0.05) is 42.3 Å². The number of carbonyl (C=O) groups is 2. The van der Waals surface area contributed by atoms with Gasteiger partial charge in [-0.15, -0.1) is 0 Å². The molecule has 3 heterocycles. The van der Waals surface area contributed by atoms with Crippen LogP contribution in [0.25, 0.3) is 0 Å². The normalized spacial score (nSPS) is 20.3. The number of halogens is 1. The monoisotopic (exact) mass is 638 g/mol. The molecule has 1 aliphatic heterocycles. The number of carbonyl (C=O) groups excluding carboxylic acids is 2. The number of anilines is 1. The zero-order chi connectivity index (χ0) is 31.5. The van der Waals surface area contributed by atoms with E-state index in [4.69, 9.17) is 21.3 Å². The fourth-order valence-electron chi connectivity index (χ4n) is 7.19. The summed E-state index contributed by atoms with van der Waals surface area (Å²) in [5.41, 5.74) is 6.10. The maximum atomic E-state index is 14.4. The first-order chi connectivity index (χ1) is 22.5. The standard InChI is InChI=1S/C36H39ClN6O3/c37-28-13-14-31-27(21-28)12-11-26-7-5-15-39-33(26)34(31)43-19-18-42(36(45)46-30-9-2-1-3-10-30)23-32(43)35(44)40-29-8-4-6-25(20-29)22-41-17-16-38-24-41/h4-8,13-17,20-21,24,30,32,34H,1-3,9-12,18-19,22-23H2,(H,40,44). The number of hydrogen-bond donors (Lipinski definition) is 1. The summed E-state index contributed by atoms with van der Waals surface area (Å²) in [6.45, 7) is 1.80. The Morgan fingerprint density at radius 1 is 0.957 bits per heavy atom. The fraction of sp³-hybridized carbons (Fsp3) is 0.389. The Labute approximate surface area is 274 Å². The highest BCUT2D eigenvalue weighted by Crippen LogP contribution is 2.39. The summed E-state index contributed by atoms with van der Waals surface area (Å²) in [7, 11) is 0. The van der Waals surface area contributed by atoms with Crippen molar-refractivity contribution in [1.29, 1.82) is 0 Å². The molecule has 1 saturated carbocycles. The first-order valence-electron chi connectivity index (χ1n) is 16.3. The molecule has 7 rings (SSSR count). The van der Waals surface area contributed by atoms with Gasteiger partial charge in [0.1, 0.15) is 12.1 Å². The van der Waals surface area contributed by atoms with Gasteiger partial charge >= 0.3 is 6.09 Å². The van der Waals surface area contributed by atoms with E-state index in [1.54, 1.807) is 17.4 Å². The van der Waals surface area contributed by atoms with Crippen LogP contribution < -0.4 is 5.32 Å². The van der Waals surface area contributed by atoms with Gasteiger partial charge in [0.15, 0.2) is 0 Å². The van der Waals surface area contributed by atoms with E-state index in [1.165, 1.54) is 6.42 Å². The van der Waals surface area contributed by atoms with Gasteiger partial charge in [0.2, 0.25) is 5.91 Å². The second kappa shape index (κ2) is 13.6. The van der Waals surface area contributed by atoms with Gasteiger partial charge < -0.3 is 19.5 Å². The number of rotatable bonds is 6. The fourth-order valence-corrected chi connectivity index (χ4v) is 7.38. The van der Waals surface area contributed by atoms with Gasteiger partial charge in [-0.25, -0.2) is 9.78 Å². The van der Waals surface area contributed by atoms with Crippen molar-refractivity contribution in [3.63, 3.8) is 0 Å². The molecule has 2 aliphatic carbocycles. The molecule has 3 aliphatic rings. The Hall–Kier alpha value is -4.21. The number of benzene rings is 2. The largest absolute Gasteiger partial charge is 0.446 e. The minimum atomic E-state index is -0.647. The summed E-state index contributed by atoms with van der Waals surface area (Å²) >= 11 is 6.48. The molecule has 2 aromatic carbocycles. The molecule has 0 bridgehead atoms. The molecule has 2 unspecified atom stereocenters. The highest BCUT2D eigenvalue weighted by Gasteiger charge is 2.42. The maximum Gasteiger partial charge on any atom is 0.410 e. The van der Waals surface area contributed by atoms with Crippen molar-refractivity contribution in [2.45, 2.75) is 69.7 Å². The third-order valence-corrected chi connectivity index (χ3v) is 9.74. The molecule has 2 fully saturated rings. The van der Waals surface area contributed by atoms with Crippen molar-refractivity contribution in [1.82, 2.24) is 24.3 Å². The Balaban J connectivity index is 1.21. The molecule has 9 nitrogen and oxygen atoms in total. The van der Waals surface area contributed by atoms with Gasteiger partial charge in [-0.05, 0) is 91.1 Å². The average molecular weight is 639 g/mol. The van der Waals surface area contributed by atoms with Crippen LogP contribution in [0.4, 0.5) is 10.5 Å². The molecule has 0 spiro atoms. The molecule has 46 heavy (non-hydrogen) atoms. The van der Waals surface area contributed by atoms with Crippen molar-refractivity contribution in [2.75, 3.05) is 25.0 Å². The first kappa shape index (κ1) is 30.4. The molecule has 238 valence electrons. The highest BCUT2D eigenvalue weighted by atomic mass is 35.5. The Kier molecular flexibility index (Phi) is 9.03. The van der Waals surface area contributed by atoms with Crippen LogP contribution in [-0.4, -0.2) is 68.1 Å². The summed E-state index contributed by atoms with van der Waals surface area (Å²) in [5.74, 6) is -0.174. The third-order valence-electron chi connectivity index (χ3n) is 9.50. The molecule has 1 N–H and O–H groups in total. The Morgan fingerprint density at radius 3 is 2.67 bits per heavy atom. The molecule has 1 saturated heterocycles. The summed E-state index contributed by atoms with van der Waals surface area (Å²) in [6, 6.07) is 17.1. The van der Waals surface area contributed by atoms with Gasteiger partial charge in [-0.2, -0.15) is 0 Å². The summed E-state index contributed by atoms with van der Waals surface area (Å²) < 4.78 is 7.96. The number of imidazole rings is 1. The molecular weight excluding hydrogens is 600 g/mol. The maximum absolute atomic E-state index is 14.4. The molecule has 4 aromatic rings. The number of aromatic nitrogens is 3. The lowest BCUT2D eigenvalue weighted by molar-refractivity contribution is -0.124. The van der Waals surface area contributed by atoms with Crippen molar-refractivity contribution in [2.24, 2.45) is 0 Å². The van der Waals surface area contributed by atoms with E-state index < -0.39 is 6.04 Å². The van der Waals surface area contributed by atoms with Crippen LogP contribution in [-0.2, 0) is 28.9 Å². The van der Waals surface area contributed by atoms with Crippen molar-refractivity contribution >= 4 is 29.3 Å². The predicted octanol–water partition coefficient (Wildman–Crippen LogP) is 6.26. The van der Waals surface area contributed by atoms with E-state index in [1.807, 2.05) is 59.4 Å².